The molecule has 0 aromatic heterocycles. The maximum Gasteiger partial charge on any atom is 0.161 e. The fourth-order valence-electron chi connectivity index (χ4n) is 5.82. The van der Waals surface area contributed by atoms with Crippen LogP contribution in [0.25, 0.3) is 0 Å². The molecular weight excluding hydrogens is 366 g/mol. The van der Waals surface area contributed by atoms with Gasteiger partial charge in [-0.15, -0.1) is 0 Å². The lowest BCUT2D eigenvalue weighted by molar-refractivity contribution is 0.146. The molecular formula is C25H40F2Si. The van der Waals surface area contributed by atoms with Crippen molar-refractivity contribution in [1.82, 2.24) is 0 Å². The molecule has 2 aliphatic rings. The molecule has 3 heteroatoms. The van der Waals surface area contributed by atoms with Gasteiger partial charge >= 0.3 is 0 Å². The summed E-state index contributed by atoms with van der Waals surface area (Å²) in [6.45, 7) is 3.94. The summed E-state index contributed by atoms with van der Waals surface area (Å²) in [5.41, 5.74) is 0.427. The number of aryl methyl sites for hydroxylation is 1. The van der Waals surface area contributed by atoms with Gasteiger partial charge in [0.1, 0.15) is 0 Å². The maximum absolute atomic E-state index is 14.1. The molecule has 0 unspecified atom stereocenters. The van der Waals surface area contributed by atoms with Crippen LogP contribution in [0, 0.1) is 42.2 Å². The first kappa shape index (κ1) is 22.0. The highest BCUT2D eigenvalue weighted by Crippen LogP contribution is 2.42. The van der Waals surface area contributed by atoms with Gasteiger partial charge in [-0.25, -0.2) is 8.78 Å². The van der Waals surface area contributed by atoms with Crippen LogP contribution < -0.4 is 5.19 Å². The van der Waals surface area contributed by atoms with Crippen molar-refractivity contribution in [2.24, 2.45) is 23.7 Å². The minimum atomic E-state index is -0.695. The van der Waals surface area contributed by atoms with Gasteiger partial charge in [-0.3, -0.25) is 0 Å². The third kappa shape index (κ3) is 5.90. The third-order valence-electron chi connectivity index (χ3n) is 7.84. The van der Waals surface area contributed by atoms with E-state index >= 15 is 0 Å². The minimum absolute atomic E-state index is 0.427. The van der Waals surface area contributed by atoms with E-state index in [1.54, 1.807) is 13.0 Å². The predicted octanol–water partition coefficient (Wildman–Crippen LogP) is 6.68. The van der Waals surface area contributed by atoms with E-state index in [2.05, 4.69) is 6.92 Å². The molecule has 0 spiro atoms. The first-order valence-electron chi connectivity index (χ1n) is 12.0. The van der Waals surface area contributed by atoms with Crippen molar-refractivity contribution in [3.05, 3.63) is 29.3 Å². The Morgan fingerprint density at radius 3 is 2.04 bits per heavy atom. The van der Waals surface area contributed by atoms with Crippen LogP contribution >= 0.6 is 0 Å². The topological polar surface area (TPSA) is 0 Å². The van der Waals surface area contributed by atoms with Gasteiger partial charge in [0.25, 0.3) is 0 Å². The Morgan fingerprint density at radius 1 is 0.821 bits per heavy atom. The first-order valence-corrected chi connectivity index (χ1v) is 13.7. The van der Waals surface area contributed by atoms with Crippen LogP contribution in [-0.4, -0.2) is 9.52 Å². The van der Waals surface area contributed by atoms with Crippen LogP contribution in [0.5, 0.6) is 0 Å². The summed E-state index contributed by atoms with van der Waals surface area (Å²) in [7, 11) is -0.695. The standard InChI is InChI=1S/C25H40F2Si/c1-3-4-5-6-19-8-12-21(13-9-19)22-14-10-20(11-15-22)17-28-23-16-7-18(2)24(26)25(23)27/h7,16,19-22H,3-6,8-15,17,28H2,1-2H3/t19-,20?,21-,22?. The summed E-state index contributed by atoms with van der Waals surface area (Å²) in [6.07, 6.45) is 16.9. The summed E-state index contributed by atoms with van der Waals surface area (Å²) in [5, 5.41) is 0.701. The van der Waals surface area contributed by atoms with Gasteiger partial charge < -0.3 is 0 Å². The maximum atomic E-state index is 14.1. The third-order valence-corrected chi connectivity index (χ3v) is 10.0. The van der Waals surface area contributed by atoms with Crippen molar-refractivity contribution in [2.75, 3.05) is 0 Å². The molecule has 0 amide bonds. The van der Waals surface area contributed by atoms with Crippen LogP contribution in [-0.2, 0) is 0 Å². The summed E-state index contributed by atoms with van der Waals surface area (Å²) in [4.78, 5) is 0. The minimum Gasteiger partial charge on any atom is -0.204 e. The fourth-order valence-corrected chi connectivity index (χ4v) is 7.77. The molecule has 3 rings (SSSR count). The van der Waals surface area contributed by atoms with Crippen LogP contribution in [0.4, 0.5) is 8.78 Å². The molecule has 0 N–H and O–H groups in total. The van der Waals surface area contributed by atoms with Gasteiger partial charge in [0.05, 0.1) is 9.52 Å². The van der Waals surface area contributed by atoms with E-state index in [1.807, 2.05) is 6.07 Å². The highest BCUT2D eigenvalue weighted by molar-refractivity contribution is 6.53. The van der Waals surface area contributed by atoms with E-state index in [1.165, 1.54) is 77.0 Å². The Morgan fingerprint density at radius 2 is 1.43 bits per heavy atom. The van der Waals surface area contributed by atoms with E-state index in [0.717, 1.165) is 29.7 Å². The van der Waals surface area contributed by atoms with Crippen molar-refractivity contribution < 1.29 is 8.78 Å². The highest BCUT2D eigenvalue weighted by atomic mass is 28.2. The molecule has 2 aliphatic carbocycles. The zero-order valence-corrected chi connectivity index (χ0v) is 19.5. The second-order valence-corrected chi connectivity index (χ2v) is 11.6. The monoisotopic (exact) mass is 406 g/mol. The molecule has 0 aliphatic heterocycles. The average Bonchev–Trinajstić information content (AvgIpc) is 2.73. The van der Waals surface area contributed by atoms with Crippen LogP contribution in [0.15, 0.2) is 12.1 Å². The molecule has 158 valence electrons. The molecule has 0 heterocycles. The Kier molecular flexibility index (Phi) is 8.56. The smallest absolute Gasteiger partial charge is 0.161 e. The van der Waals surface area contributed by atoms with Crippen molar-refractivity contribution >= 4 is 14.7 Å². The Hall–Kier alpha value is -0.703. The van der Waals surface area contributed by atoms with Crippen molar-refractivity contribution in [2.45, 2.75) is 96.9 Å². The number of hydrogen-bond donors (Lipinski definition) is 0. The second kappa shape index (κ2) is 10.9. The molecule has 0 atom stereocenters. The lowest BCUT2D eigenvalue weighted by atomic mass is 9.69. The van der Waals surface area contributed by atoms with Crippen LogP contribution in [0.2, 0.25) is 6.04 Å². The summed E-state index contributed by atoms with van der Waals surface area (Å²) >= 11 is 0. The molecule has 1 aromatic rings. The van der Waals surface area contributed by atoms with E-state index in [9.17, 15) is 8.78 Å². The van der Waals surface area contributed by atoms with E-state index in [4.69, 9.17) is 0 Å². The number of hydrogen-bond acceptors (Lipinski definition) is 0. The first-order chi connectivity index (χ1) is 13.6. The molecule has 0 bridgehead atoms. The number of rotatable bonds is 8. The highest BCUT2D eigenvalue weighted by Gasteiger charge is 2.30. The fraction of sp³-hybridized carbons (Fsp3) is 0.760. The van der Waals surface area contributed by atoms with E-state index in [0.29, 0.717) is 10.8 Å². The molecule has 0 nitrogen and oxygen atoms in total. The SMILES string of the molecule is CCCCC[C@H]1CC[C@H](C2CCC(C[SiH2]c3ccc(C)c(F)c3F)CC2)CC1. The normalized spacial score (nSPS) is 28.9. The lowest BCUT2D eigenvalue weighted by Crippen LogP contribution is -2.28. The zero-order valence-electron chi connectivity index (χ0n) is 18.1. The van der Waals surface area contributed by atoms with Gasteiger partial charge in [-0.2, -0.15) is 0 Å². The Balaban J connectivity index is 1.37. The number of benzene rings is 1. The Bertz CT molecular complexity index is 599. The predicted molar refractivity (Wildman–Crippen MR) is 119 cm³/mol. The van der Waals surface area contributed by atoms with Crippen molar-refractivity contribution in [1.29, 1.82) is 0 Å². The van der Waals surface area contributed by atoms with Gasteiger partial charge in [-0.05, 0) is 67.0 Å². The summed E-state index contributed by atoms with van der Waals surface area (Å²) in [6, 6.07) is 4.73. The van der Waals surface area contributed by atoms with Gasteiger partial charge in [0, 0.05) is 0 Å². The van der Waals surface area contributed by atoms with Crippen molar-refractivity contribution in [3.8, 4) is 0 Å². The average molecular weight is 407 g/mol. The molecule has 2 fully saturated rings. The summed E-state index contributed by atoms with van der Waals surface area (Å²) in [5.74, 6) is 2.51. The Labute approximate surface area is 173 Å². The molecule has 0 saturated heterocycles. The molecule has 2 saturated carbocycles. The quantitative estimate of drug-likeness (QED) is 0.334. The molecule has 0 radical (unpaired) electrons. The zero-order chi connectivity index (χ0) is 19.9. The molecule has 1 aromatic carbocycles. The number of halogens is 2. The van der Waals surface area contributed by atoms with E-state index in [-0.39, 0.29) is 0 Å². The lowest BCUT2D eigenvalue weighted by Gasteiger charge is -2.38. The van der Waals surface area contributed by atoms with Gasteiger partial charge in [-0.1, -0.05) is 76.5 Å². The van der Waals surface area contributed by atoms with Crippen LogP contribution in [0.3, 0.4) is 0 Å². The van der Waals surface area contributed by atoms with Crippen molar-refractivity contribution in [3.63, 3.8) is 0 Å². The van der Waals surface area contributed by atoms with Gasteiger partial charge in [0.2, 0.25) is 0 Å². The van der Waals surface area contributed by atoms with Crippen LogP contribution in [0.1, 0.15) is 89.5 Å². The largest absolute Gasteiger partial charge is 0.204 e. The van der Waals surface area contributed by atoms with E-state index < -0.39 is 21.2 Å². The molecule has 28 heavy (non-hydrogen) atoms. The number of unbranched alkanes of at least 4 members (excludes halogenated alkanes) is 2. The van der Waals surface area contributed by atoms with Gasteiger partial charge in [0.15, 0.2) is 11.6 Å². The second-order valence-electron chi connectivity index (χ2n) is 9.77. The summed E-state index contributed by atoms with van der Waals surface area (Å²) < 4.78 is 27.9.